The predicted molar refractivity (Wildman–Crippen MR) is 87.9 cm³/mol. The van der Waals surface area contributed by atoms with Gasteiger partial charge in [0.1, 0.15) is 0 Å². The lowest BCUT2D eigenvalue weighted by Crippen LogP contribution is -2.28. The quantitative estimate of drug-likeness (QED) is 0.761. The first-order valence-corrected chi connectivity index (χ1v) is 8.13. The van der Waals surface area contributed by atoms with Gasteiger partial charge in [0.2, 0.25) is 5.91 Å². The Morgan fingerprint density at radius 3 is 3.00 bits per heavy atom. The van der Waals surface area contributed by atoms with Gasteiger partial charge < -0.3 is 5.32 Å². The van der Waals surface area contributed by atoms with Gasteiger partial charge in [0.05, 0.1) is 15.2 Å². The summed E-state index contributed by atoms with van der Waals surface area (Å²) >= 11 is 1.69. The third-order valence-corrected chi connectivity index (χ3v) is 4.73. The summed E-state index contributed by atoms with van der Waals surface area (Å²) in [5.41, 5.74) is 1.03. The highest BCUT2D eigenvalue weighted by atomic mass is 32.1. The number of amides is 1. The number of nitrogens with one attached hydrogen (secondary N) is 1. The van der Waals surface area contributed by atoms with Crippen LogP contribution in [0.2, 0.25) is 0 Å². The summed E-state index contributed by atoms with van der Waals surface area (Å²) < 4.78 is 2.95. The van der Waals surface area contributed by atoms with Gasteiger partial charge in [-0.2, -0.15) is 5.10 Å². The SMILES string of the molecule is CC(CNC(=O)CCn1cccn1)c1nc2ccccc2s1. The van der Waals surface area contributed by atoms with Crippen molar-refractivity contribution in [1.82, 2.24) is 20.1 Å². The molecule has 0 aliphatic heterocycles. The molecular formula is C16H18N4OS. The van der Waals surface area contributed by atoms with E-state index in [0.717, 1.165) is 10.5 Å². The second kappa shape index (κ2) is 6.70. The lowest BCUT2D eigenvalue weighted by Gasteiger charge is -2.10. The predicted octanol–water partition coefficient (Wildman–Crippen LogP) is 2.80. The molecule has 0 saturated carbocycles. The molecule has 0 fully saturated rings. The fraction of sp³-hybridized carbons (Fsp3) is 0.312. The van der Waals surface area contributed by atoms with Crippen molar-refractivity contribution in [1.29, 1.82) is 0 Å². The maximum Gasteiger partial charge on any atom is 0.221 e. The van der Waals surface area contributed by atoms with Crippen LogP contribution in [0.3, 0.4) is 0 Å². The van der Waals surface area contributed by atoms with Crippen LogP contribution in [0.5, 0.6) is 0 Å². The zero-order valence-electron chi connectivity index (χ0n) is 12.4. The third-order valence-electron chi connectivity index (χ3n) is 3.46. The molecule has 0 spiro atoms. The fourth-order valence-corrected chi connectivity index (χ4v) is 3.21. The molecule has 3 rings (SSSR count). The molecule has 1 N–H and O–H groups in total. The highest BCUT2D eigenvalue weighted by Gasteiger charge is 2.12. The molecule has 0 aliphatic rings. The number of aryl methyl sites for hydroxylation is 1. The lowest BCUT2D eigenvalue weighted by atomic mass is 10.2. The van der Waals surface area contributed by atoms with E-state index >= 15 is 0 Å². The van der Waals surface area contributed by atoms with Crippen molar-refractivity contribution in [2.45, 2.75) is 25.8 Å². The van der Waals surface area contributed by atoms with Gasteiger partial charge in [-0.25, -0.2) is 4.98 Å². The number of hydrogen-bond acceptors (Lipinski definition) is 4. The molecule has 114 valence electrons. The number of rotatable bonds is 6. The highest BCUT2D eigenvalue weighted by molar-refractivity contribution is 7.18. The van der Waals surface area contributed by atoms with Crippen LogP contribution in [0.4, 0.5) is 0 Å². The molecule has 1 unspecified atom stereocenters. The van der Waals surface area contributed by atoms with Crippen LogP contribution in [0.15, 0.2) is 42.7 Å². The molecule has 0 bridgehead atoms. The number of aromatic nitrogens is 3. The molecule has 6 heteroatoms. The number of hydrogen-bond donors (Lipinski definition) is 1. The van der Waals surface area contributed by atoms with E-state index in [4.69, 9.17) is 0 Å². The van der Waals surface area contributed by atoms with Crippen LogP contribution >= 0.6 is 11.3 Å². The molecule has 1 amide bonds. The van der Waals surface area contributed by atoms with Crippen molar-refractivity contribution in [3.8, 4) is 0 Å². The molecule has 1 atom stereocenters. The van der Waals surface area contributed by atoms with Gasteiger partial charge in [0.25, 0.3) is 0 Å². The van der Waals surface area contributed by atoms with E-state index in [9.17, 15) is 4.79 Å². The Labute approximate surface area is 133 Å². The third kappa shape index (κ3) is 3.51. The van der Waals surface area contributed by atoms with Crippen LogP contribution in [0, 0.1) is 0 Å². The van der Waals surface area contributed by atoms with Gasteiger partial charge in [-0.3, -0.25) is 9.48 Å². The number of thiazole rings is 1. The summed E-state index contributed by atoms with van der Waals surface area (Å²) in [5, 5.41) is 8.12. The van der Waals surface area contributed by atoms with Crippen LogP contribution in [-0.2, 0) is 11.3 Å². The summed E-state index contributed by atoms with van der Waals surface area (Å²) in [4.78, 5) is 16.5. The monoisotopic (exact) mass is 314 g/mol. The lowest BCUT2D eigenvalue weighted by molar-refractivity contribution is -0.121. The summed E-state index contributed by atoms with van der Waals surface area (Å²) in [7, 11) is 0. The number of para-hydroxylation sites is 1. The normalized spacial score (nSPS) is 12.4. The van der Waals surface area contributed by atoms with E-state index in [1.165, 1.54) is 4.70 Å². The summed E-state index contributed by atoms with van der Waals surface area (Å²) in [6.07, 6.45) is 4.01. The smallest absolute Gasteiger partial charge is 0.221 e. The first kappa shape index (κ1) is 14.7. The van der Waals surface area contributed by atoms with E-state index in [0.29, 0.717) is 19.5 Å². The maximum absolute atomic E-state index is 11.9. The maximum atomic E-state index is 11.9. The van der Waals surface area contributed by atoms with Gasteiger partial charge in [-0.1, -0.05) is 19.1 Å². The average Bonchev–Trinajstić information content (AvgIpc) is 3.19. The molecule has 3 aromatic rings. The van der Waals surface area contributed by atoms with Crippen LogP contribution in [0.1, 0.15) is 24.3 Å². The first-order valence-electron chi connectivity index (χ1n) is 7.32. The van der Waals surface area contributed by atoms with Crippen molar-refractivity contribution >= 4 is 27.5 Å². The highest BCUT2D eigenvalue weighted by Crippen LogP contribution is 2.26. The molecule has 0 saturated heterocycles. The number of carbonyl (C=O) groups excluding carboxylic acids is 1. The molecular weight excluding hydrogens is 296 g/mol. The Morgan fingerprint density at radius 1 is 1.36 bits per heavy atom. The van der Waals surface area contributed by atoms with E-state index in [2.05, 4.69) is 28.4 Å². The van der Waals surface area contributed by atoms with Gasteiger partial charge in [-0.15, -0.1) is 11.3 Å². The Morgan fingerprint density at radius 2 is 2.23 bits per heavy atom. The Kier molecular flexibility index (Phi) is 4.48. The summed E-state index contributed by atoms with van der Waals surface area (Å²) in [6, 6.07) is 9.96. The minimum absolute atomic E-state index is 0.0449. The summed E-state index contributed by atoms with van der Waals surface area (Å²) in [6.45, 7) is 3.30. The summed E-state index contributed by atoms with van der Waals surface area (Å²) in [5.74, 6) is 0.259. The second-order valence-electron chi connectivity index (χ2n) is 5.24. The van der Waals surface area contributed by atoms with Crippen LogP contribution in [-0.4, -0.2) is 27.2 Å². The van der Waals surface area contributed by atoms with Crippen molar-refractivity contribution in [2.75, 3.05) is 6.54 Å². The Balaban J connectivity index is 1.51. The van der Waals surface area contributed by atoms with Crippen molar-refractivity contribution in [3.63, 3.8) is 0 Å². The average molecular weight is 314 g/mol. The molecule has 0 radical (unpaired) electrons. The van der Waals surface area contributed by atoms with Crippen molar-refractivity contribution in [2.24, 2.45) is 0 Å². The number of nitrogens with zero attached hydrogens (tertiary/aromatic N) is 3. The van der Waals surface area contributed by atoms with E-state index in [1.54, 1.807) is 22.2 Å². The van der Waals surface area contributed by atoms with Crippen LogP contribution in [0.25, 0.3) is 10.2 Å². The van der Waals surface area contributed by atoms with Gasteiger partial charge in [0, 0.05) is 37.8 Å². The van der Waals surface area contributed by atoms with Crippen molar-refractivity contribution < 1.29 is 4.79 Å². The zero-order chi connectivity index (χ0) is 15.4. The Bertz CT molecular complexity index is 717. The molecule has 2 heterocycles. The van der Waals surface area contributed by atoms with E-state index in [1.807, 2.05) is 30.5 Å². The first-order chi connectivity index (χ1) is 10.7. The minimum Gasteiger partial charge on any atom is -0.355 e. The second-order valence-corrected chi connectivity index (χ2v) is 6.31. The standard InChI is InChI=1S/C16H18N4OS/c1-12(16-19-13-5-2-3-6-14(13)22-16)11-17-15(21)7-10-20-9-4-8-18-20/h2-6,8-9,12H,7,10-11H2,1H3,(H,17,21). The topological polar surface area (TPSA) is 59.8 Å². The number of benzene rings is 1. The Hall–Kier alpha value is -2.21. The van der Waals surface area contributed by atoms with E-state index < -0.39 is 0 Å². The number of fused-ring (bicyclic) bond motifs is 1. The fourth-order valence-electron chi connectivity index (χ4n) is 2.19. The van der Waals surface area contributed by atoms with E-state index in [-0.39, 0.29) is 11.8 Å². The molecule has 22 heavy (non-hydrogen) atoms. The van der Waals surface area contributed by atoms with Crippen LogP contribution < -0.4 is 5.32 Å². The van der Waals surface area contributed by atoms with Gasteiger partial charge in [-0.05, 0) is 18.2 Å². The minimum atomic E-state index is 0.0449. The molecule has 5 nitrogen and oxygen atoms in total. The molecule has 1 aromatic carbocycles. The molecule has 2 aromatic heterocycles. The van der Waals surface area contributed by atoms with Crippen molar-refractivity contribution in [3.05, 3.63) is 47.7 Å². The van der Waals surface area contributed by atoms with Gasteiger partial charge in [0.15, 0.2) is 0 Å². The van der Waals surface area contributed by atoms with Gasteiger partial charge >= 0.3 is 0 Å². The number of carbonyl (C=O) groups is 1. The largest absolute Gasteiger partial charge is 0.355 e. The zero-order valence-corrected chi connectivity index (χ0v) is 13.2. The molecule has 0 aliphatic carbocycles.